The monoisotopic (exact) mass is 349 g/mol. The van der Waals surface area contributed by atoms with Crippen molar-refractivity contribution in [1.29, 1.82) is 0 Å². The van der Waals surface area contributed by atoms with Gasteiger partial charge in [0, 0.05) is 24.7 Å². The smallest absolute Gasteiger partial charge is 0.255 e. The van der Waals surface area contributed by atoms with Gasteiger partial charge >= 0.3 is 0 Å². The number of nitrogens with one attached hydrogen (secondary N) is 1. The van der Waals surface area contributed by atoms with Gasteiger partial charge < -0.3 is 9.73 Å². The van der Waals surface area contributed by atoms with Crippen LogP contribution in [-0.4, -0.2) is 28.9 Å². The van der Waals surface area contributed by atoms with E-state index in [1.807, 2.05) is 49.4 Å². The highest BCUT2D eigenvalue weighted by Crippen LogP contribution is 2.20. The largest absolute Gasteiger partial charge is 0.441 e. The van der Waals surface area contributed by atoms with Crippen LogP contribution in [0.25, 0.3) is 11.1 Å². The number of carbonyl (C=O) groups is 1. The van der Waals surface area contributed by atoms with Crippen molar-refractivity contribution in [3.8, 4) is 0 Å². The summed E-state index contributed by atoms with van der Waals surface area (Å²) in [6.45, 7) is 5.12. The lowest BCUT2D eigenvalue weighted by Gasteiger charge is -2.26. The number of aromatic nitrogens is 1. The number of piperidine rings is 1. The number of aryl methyl sites for hydroxylation is 1. The van der Waals surface area contributed by atoms with Gasteiger partial charge in [-0.1, -0.05) is 18.6 Å². The summed E-state index contributed by atoms with van der Waals surface area (Å²) >= 11 is 0. The predicted octanol–water partition coefficient (Wildman–Crippen LogP) is 4.37. The maximum absolute atomic E-state index is 12.5. The van der Waals surface area contributed by atoms with Crippen molar-refractivity contribution in [2.75, 3.05) is 18.4 Å². The molecule has 1 aliphatic heterocycles. The SMILES string of the molecule is Cc1nc2cc(NC(=O)c3ccc(CN4CCCCC4)cc3)ccc2o1. The van der Waals surface area contributed by atoms with Crippen molar-refractivity contribution in [2.45, 2.75) is 32.7 Å². The van der Waals surface area contributed by atoms with Gasteiger partial charge in [-0.3, -0.25) is 9.69 Å². The number of likely N-dealkylation sites (tertiary alicyclic amines) is 1. The molecule has 0 radical (unpaired) electrons. The summed E-state index contributed by atoms with van der Waals surface area (Å²) < 4.78 is 5.46. The highest BCUT2D eigenvalue weighted by Gasteiger charge is 2.12. The molecule has 2 heterocycles. The van der Waals surface area contributed by atoms with Gasteiger partial charge in [0.1, 0.15) is 5.52 Å². The maximum atomic E-state index is 12.5. The standard InChI is InChI=1S/C21H23N3O2/c1-15-22-19-13-18(9-10-20(19)26-15)23-21(25)17-7-5-16(6-8-17)14-24-11-3-2-4-12-24/h5-10,13H,2-4,11-12,14H2,1H3,(H,23,25). The molecule has 0 unspecified atom stereocenters. The molecule has 26 heavy (non-hydrogen) atoms. The van der Waals surface area contributed by atoms with Gasteiger partial charge in [0.25, 0.3) is 5.91 Å². The molecule has 1 N–H and O–H groups in total. The lowest BCUT2D eigenvalue weighted by atomic mass is 10.1. The van der Waals surface area contributed by atoms with Crippen LogP contribution in [0.4, 0.5) is 5.69 Å². The molecule has 0 bridgehead atoms. The molecule has 5 heteroatoms. The molecule has 1 fully saturated rings. The number of fused-ring (bicyclic) bond motifs is 1. The third-order valence-electron chi connectivity index (χ3n) is 4.82. The van der Waals surface area contributed by atoms with E-state index in [1.165, 1.54) is 37.9 Å². The molecule has 0 saturated carbocycles. The van der Waals surface area contributed by atoms with Crippen LogP contribution in [0.5, 0.6) is 0 Å². The quantitative estimate of drug-likeness (QED) is 0.760. The van der Waals surface area contributed by atoms with E-state index < -0.39 is 0 Å². The number of anilines is 1. The average Bonchev–Trinajstić information content (AvgIpc) is 3.02. The predicted molar refractivity (Wildman–Crippen MR) is 102 cm³/mol. The maximum Gasteiger partial charge on any atom is 0.255 e. The van der Waals surface area contributed by atoms with Crippen LogP contribution in [0.2, 0.25) is 0 Å². The molecular formula is C21H23N3O2. The van der Waals surface area contributed by atoms with Crippen molar-refractivity contribution >= 4 is 22.7 Å². The van der Waals surface area contributed by atoms with Crippen molar-refractivity contribution in [3.63, 3.8) is 0 Å². The zero-order chi connectivity index (χ0) is 17.9. The number of carbonyl (C=O) groups excluding carboxylic acids is 1. The van der Waals surface area contributed by atoms with E-state index in [-0.39, 0.29) is 5.91 Å². The van der Waals surface area contributed by atoms with E-state index in [2.05, 4.69) is 15.2 Å². The molecule has 0 atom stereocenters. The molecule has 2 aromatic carbocycles. The topological polar surface area (TPSA) is 58.4 Å². The number of nitrogens with zero attached hydrogens (tertiary/aromatic N) is 2. The van der Waals surface area contributed by atoms with Crippen molar-refractivity contribution in [3.05, 3.63) is 59.5 Å². The number of oxazole rings is 1. The minimum Gasteiger partial charge on any atom is -0.441 e. The second kappa shape index (κ2) is 7.30. The van der Waals surface area contributed by atoms with Crippen LogP contribution in [0.3, 0.4) is 0 Å². The minimum atomic E-state index is -0.117. The minimum absolute atomic E-state index is 0.117. The van der Waals surface area contributed by atoms with E-state index in [4.69, 9.17) is 4.42 Å². The first-order valence-corrected chi connectivity index (χ1v) is 9.17. The Balaban J connectivity index is 1.41. The Morgan fingerprint density at radius 3 is 2.65 bits per heavy atom. The van der Waals surface area contributed by atoms with Crippen LogP contribution in [0, 0.1) is 6.92 Å². The van der Waals surface area contributed by atoms with Crippen LogP contribution in [-0.2, 0) is 6.54 Å². The average molecular weight is 349 g/mol. The lowest BCUT2D eigenvalue weighted by molar-refractivity contribution is 0.102. The number of rotatable bonds is 4. The zero-order valence-corrected chi connectivity index (χ0v) is 15.0. The highest BCUT2D eigenvalue weighted by atomic mass is 16.3. The molecule has 0 spiro atoms. The van der Waals surface area contributed by atoms with Gasteiger partial charge in [0.15, 0.2) is 11.5 Å². The van der Waals surface area contributed by atoms with Crippen LogP contribution < -0.4 is 5.32 Å². The summed E-state index contributed by atoms with van der Waals surface area (Å²) in [5, 5.41) is 2.93. The second-order valence-corrected chi connectivity index (χ2v) is 6.90. The molecule has 4 rings (SSSR count). The Bertz CT molecular complexity index is 909. The molecule has 1 saturated heterocycles. The summed E-state index contributed by atoms with van der Waals surface area (Å²) in [5.74, 6) is 0.502. The van der Waals surface area contributed by atoms with Crippen molar-refractivity contribution in [2.24, 2.45) is 0 Å². The molecule has 134 valence electrons. The molecular weight excluding hydrogens is 326 g/mol. The lowest BCUT2D eigenvalue weighted by Crippen LogP contribution is -2.29. The van der Waals surface area contributed by atoms with E-state index in [0.717, 1.165) is 17.6 Å². The van der Waals surface area contributed by atoms with Gasteiger partial charge in [-0.15, -0.1) is 0 Å². The van der Waals surface area contributed by atoms with Gasteiger partial charge in [-0.05, 0) is 61.8 Å². The first kappa shape index (κ1) is 16.8. The van der Waals surface area contributed by atoms with E-state index in [0.29, 0.717) is 17.1 Å². The molecule has 0 aliphatic carbocycles. The number of amides is 1. The van der Waals surface area contributed by atoms with E-state index in [1.54, 1.807) is 0 Å². The van der Waals surface area contributed by atoms with Gasteiger partial charge in [0.05, 0.1) is 0 Å². The van der Waals surface area contributed by atoms with E-state index in [9.17, 15) is 4.79 Å². The molecule has 3 aromatic rings. The van der Waals surface area contributed by atoms with E-state index >= 15 is 0 Å². The fourth-order valence-electron chi connectivity index (χ4n) is 3.46. The van der Waals surface area contributed by atoms with Crippen molar-refractivity contribution in [1.82, 2.24) is 9.88 Å². The Labute approximate surface area is 153 Å². The van der Waals surface area contributed by atoms with Gasteiger partial charge in [0.2, 0.25) is 0 Å². The van der Waals surface area contributed by atoms with Gasteiger partial charge in [-0.25, -0.2) is 4.98 Å². The summed E-state index contributed by atoms with van der Waals surface area (Å²) in [5.41, 5.74) is 4.10. The van der Waals surface area contributed by atoms with Crippen molar-refractivity contribution < 1.29 is 9.21 Å². The highest BCUT2D eigenvalue weighted by molar-refractivity contribution is 6.04. The molecule has 1 aliphatic rings. The first-order chi connectivity index (χ1) is 12.7. The third-order valence-corrected chi connectivity index (χ3v) is 4.82. The van der Waals surface area contributed by atoms with Crippen LogP contribution >= 0.6 is 0 Å². The van der Waals surface area contributed by atoms with Crippen LogP contribution in [0.1, 0.15) is 41.1 Å². The molecule has 5 nitrogen and oxygen atoms in total. The zero-order valence-electron chi connectivity index (χ0n) is 15.0. The van der Waals surface area contributed by atoms with Crippen LogP contribution in [0.15, 0.2) is 46.9 Å². The normalized spacial score (nSPS) is 15.3. The number of benzene rings is 2. The summed E-state index contributed by atoms with van der Waals surface area (Å²) in [7, 11) is 0. The summed E-state index contributed by atoms with van der Waals surface area (Å²) in [4.78, 5) is 19.3. The Hall–Kier alpha value is -2.66. The third kappa shape index (κ3) is 3.78. The first-order valence-electron chi connectivity index (χ1n) is 9.17. The molecule has 1 amide bonds. The Morgan fingerprint density at radius 2 is 1.88 bits per heavy atom. The Morgan fingerprint density at radius 1 is 1.12 bits per heavy atom. The fraction of sp³-hybridized carbons (Fsp3) is 0.333. The molecule has 1 aromatic heterocycles. The Kier molecular flexibility index (Phi) is 4.71. The second-order valence-electron chi connectivity index (χ2n) is 6.90. The fourth-order valence-corrected chi connectivity index (χ4v) is 3.46. The van der Waals surface area contributed by atoms with Gasteiger partial charge in [-0.2, -0.15) is 0 Å². The number of hydrogen-bond acceptors (Lipinski definition) is 4. The summed E-state index contributed by atoms with van der Waals surface area (Å²) in [6, 6.07) is 13.4. The summed E-state index contributed by atoms with van der Waals surface area (Å²) in [6.07, 6.45) is 3.92. The number of hydrogen-bond donors (Lipinski definition) is 1.